The minimum atomic E-state index is -0.333. The molecule has 0 aliphatic carbocycles. The number of carbonyl (C=O) groups is 1. The monoisotopic (exact) mass is 367 g/mol. The second-order valence-electron chi connectivity index (χ2n) is 6.17. The molecule has 0 radical (unpaired) electrons. The molecule has 1 aliphatic heterocycles. The molecule has 0 unspecified atom stereocenters. The number of furan rings is 1. The Hall–Kier alpha value is -3.42. The van der Waals surface area contributed by atoms with Gasteiger partial charge in [-0.2, -0.15) is 0 Å². The summed E-state index contributed by atoms with van der Waals surface area (Å²) in [6, 6.07) is 12.9. The molecule has 2 amide bonds. The topological polar surface area (TPSA) is 74.5 Å². The molecule has 1 aromatic carbocycles. The van der Waals surface area contributed by atoms with E-state index >= 15 is 0 Å². The maximum absolute atomic E-state index is 12.9. The standard InChI is InChI=1S/C19H18FN5O2/c20-14-3-5-15(6-4-14)21-19(26)25-11-9-24(10-12-25)18-8-7-16(22-23-18)17-2-1-13-27-17/h1-8,13H,9-12H2,(H,21,26). The van der Waals surface area contributed by atoms with Gasteiger partial charge in [-0.3, -0.25) is 0 Å². The van der Waals surface area contributed by atoms with Crippen LogP contribution in [-0.2, 0) is 0 Å². The van der Waals surface area contributed by atoms with E-state index in [9.17, 15) is 9.18 Å². The summed E-state index contributed by atoms with van der Waals surface area (Å²) in [4.78, 5) is 16.1. The van der Waals surface area contributed by atoms with Crippen molar-refractivity contribution in [2.24, 2.45) is 0 Å². The molecule has 1 aliphatic rings. The third-order valence-electron chi connectivity index (χ3n) is 4.41. The van der Waals surface area contributed by atoms with Crippen molar-refractivity contribution in [3.05, 3.63) is 60.6 Å². The molecule has 4 rings (SSSR count). The minimum Gasteiger partial charge on any atom is -0.463 e. The lowest BCUT2D eigenvalue weighted by Gasteiger charge is -2.35. The number of carbonyl (C=O) groups excluding carboxylic acids is 1. The molecule has 138 valence electrons. The molecule has 1 fully saturated rings. The van der Waals surface area contributed by atoms with Gasteiger partial charge in [0.2, 0.25) is 0 Å². The van der Waals surface area contributed by atoms with Crippen molar-refractivity contribution in [1.82, 2.24) is 15.1 Å². The average molecular weight is 367 g/mol. The van der Waals surface area contributed by atoms with Crippen LogP contribution in [0.3, 0.4) is 0 Å². The predicted octanol–water partition coefficient (Wildman–Crippen LogP) is 3.23. The highest BCUT2D eigenvalue weighted by Gasteiger charge is 2.22. The van der Waals surface area contributed by atoms with Gasteiger partial charge in [0, 0.05) is 31.9 Å². The number of anilines is 2. The minimum absolute atomic E-state index is 0.194. The molecule has 0 spiro atoms. The number of aromatic nitrogens is 2. The number of benzene rings is 1. The van der Waals surface area contributed by atoms with Crippen molar-refractivity contribution < 1.29 is 13.6 Å². The molecule has 2 aromatic heterocycles. The summed E-state index contributed by atoms with van der Waals surface area (Å²) in [6.07, 6.45) is 1.60. The summed E-state index contributed by atoms with van der Waals surface area (Å²) in [5.41, 5.74) is 1.25. The van der Waals surface area contributed by atoms with E-state index < -0.39 is 0 Å². The maximum Gasteiger partial charge on any atom is 0.321 e. The number of rotatable bonds is 3. The van der Waals surface area contributed by atoms with Crippen LogP contribution in [-0.4, -0.2) is 47.3 Å². The summed E-state index contributed by atoms with van der Waals surface area (Å²) in [7, 11) is 0. The zero-order valence-electron chi connectivity index (χ0n) is 14.5. The van der Waals surface area contributed by atoms with E-state index in [-0.39, 0.29) is 11.8 Å². The third-order valence-corrected chi connectivity index (χ3v) is 4.41. The van der Waals surface area contributed by atoms with E-state index in [1.807, 2.05) is 18.2 Å². The number of hydrogen-bond donors (Lipinski definition) is 1. The highest BCUT2D eigenvalue weighted by atomic mass is 19.1. The number of urea groups is 1. The molecular weight excluding hydrogens is 349 g/mol. The number of hydrogen-bond acceptors (Lipinski definition) is 5. The Morgan fingerprint density at radius 1 is 1.00 bits per heavy atom. The number of piperazine rings is 1. The third kappa shape index (κ3) is 3.89. The first-order valence-corrected chi connectivity index (χ1v) is 8.63. The van der Waals surface area contributed by atoms with E-state index in [1.165, 1.54) is 12.1 Å². The summed E-state index contributed by atoms with van der Waals surface area (Å²) >= 11 is 0. The molecule has 0 saturated carbocycles. The van der Waals surface area contributed by atoms with Gasteiger partial charge in [-0.25, -0.2) is 9.18 Å². The van der Waals surface area contributed by atoms with Crippen LogP contribution in [0, 0.1) is 5.82 Å². The fourth-order valence-electron chi connectivity index (χ4n) is 2.92. The number of nitrogens with one attached hydrogen (secondary N) is 1. The summed E-state index contributed by atoms with van der Waals surface area (Å²) < 4.78 is 18.3. The molecule has 0 atom stereocenters. The lowest BCUT2D eigenvalue weighted by Crippen LogP contribution is -2.50. The van der Waals surface area contributed by atoms with Crippen molar-refractivity contribution in [2.75, 3.05) is 36.4 Å². The second-order valence-corrected chi connectivity index (χ2v) is 6.17. The van der Waals surface area contributed by atoms with Gasteiger partial charge in [0.15, 0.2) is 11.6 Å². The lowest BCUT2D eigenvalue weighted by molar-refractivity contribution is 0.208. The molecular formula is C19H18FN5O2. The molecule has 1 N–H and O–H groups in total. The number of nitrogens with zero attached hydrogens (tertiary/aromatic N) is 4. The maximum atomic E-state index is 12.9. The van der Waals surface area contributed by atoms with Crippen molar-refractivity contribution in [1.29, 1.82) is 0 Å². The van der Waals surface area contributed by atoms with Crippen LogP contribution in [0.15, 0.2) is 59.2 Å². The first kappa shape index (κ1) is 17.0. The van der Waals surface area contributed by atoms with Gasteiger partial charge >= 0.3 is 6.03 Å². The molecule has 7 nitrogen and oxygen atoms in total. The van der Waals surface area contributed by atoms with E-state index in [4.69, 9.17) is 4.42 Å². The average Bonchev–Trinajstić information content (AvgIpc) is 3.25. The Labute approximate surface area is 155 Å². The zero-order chi connectivity index (χ0) is 18.6. The lowest BCUT2D eigenvalue weighted by atomic mass is 10.3. The first-order chi connectivity index (χ1) is 13.2. The van der Waals surface area contributed by atoms with E-state index in [2.05, 4.69) is 20.4 Å². The van der Waals surface area contributed by atoms with E-state index in [0.29, 0.717) is 43.3 Å². The molecule has 3 aromatic rings. The fourth-order valence-corrected chi connectivity index (χ4v) is 2.92. The van der Waals surface area contributed by atoms with Crippen molar-refractivity contribution in [2.45, 2.75) is 0 Å². The van der Waals surface area contributed by atoms with Crippen molar-refractivity contribution in [3.63, 3.8) is 0 Å². The molecule has 8 heteroatoms. The molecule has 1 saturated heterocycles. The Morgan fingerprint density at radius 2 is 1.78 bits per heavy atom. The van der Waals surface area contributed by atoms with Gasteiger partial charge in [0.25, 0.3) is 0 Å². The molecule has 27 heavy (non-hydrogen) atoms. The van der Waals surface area contributed by atoms with Crippen LogP contribution in [0.4, 0.5) is 20.7 Å². The van der Waals surface area contributed by atoms with Crippen LogP contribution < -0.4 is 10.2 Å². The van der Waals surface area contributed by atoms with Crippen molar-refractivity contribution in [3.8, 4) is 11.5 Å². The first-order valence-electron chi connectivity index (χ1n) is 8.63. The highest BCUT2D eigenvalue weighted by molar-refractivity contribution is 5.89. The fraction of sp³-hybridized carbons (Fsp3) is 0.211. The number of amides is 2. The van der Waals surface area contributed by atoms with Gasteiger partial charge in [-0.05, 0) is 48.5 Å². The van der Waals surface area contributed by atoms with Gasteiger partial charge in [0.1, 0.15) is 11.5 Å². The van der Waals surface area contributed by atoms with E-state index in [0.717, 1.165) is 5.82 Å². The van der Waals surface area contributed by atoms with Crippen LogP contribution in [0.25, 0.3) is 11.5 Å². The Morgan fingerprint density at radius 3 is 2.41 bits per heavy atom. The largest absolute Gasteiger partial charge is 0.463 e. The van der Waals surface area contributed by atoms with Gasteiger partial charge < -0.3 is 19.5 Å². The van der Waals surface area contributed by atoms with Crippen LogP contribution in [0.1, 0.15) is 0 Å². The summed E-state index contributed by atoms with van der Waals surface area (Å²) in [5, 5.41) is 11.2. The quantitative estimate of drug-likeness (QED) is 0.769. The van der Waals surface area contributed by atoms with Crippen LogP contribution in [0.2, 0.25) is 0 Å². The highest BCUT2D eigenvalue weighted by Crippen LogP contribution is 2.20. The number of halogens is 1. The predicted molar refractivity (Wildman–Crippen MR) is 98.9 cm³/mol. The Balaban J connectivity index is 1.33. The summed E-state index contributed by atoms with van der Waals surface area (Å²) in [6.45, 7) is 2.44. The molecule has 0 bridgehead atoms. The molecule has 3 heterocycles. The zero-order valence-corrected chi connectivity index (χ0v) is 14.5. The Bertz CT molecular complexity index is 889. The van der Waals surface area contributed by atoms with E-state index in [1.54, 1.807) is 29.4 Å². The smallest absolute Gasteiger partial charge is 0.321 e. The van der Waals surface area contributed by atoms with Crippen molar-refractivity contribution >= 4 is 17.5 Å². The second kappa shape index (κ2) is 7.45. The normalized spacial score (nSPS) is 14.3. The van der Waals surface area contributed by atoms with Crippen LogP contribution >= 0.6 is 0 Å². The van der Waals surface area contributed by atoms with Gasteiger partial charge in [0.05, 0.1) is 6.26 Å². The Kier molecular flexibility index (Phi) is 4.69. The van der Waals surface area contributed by atoms with Gasteiger partial charge in [-0.1, -0.05) is 0 Å². The summed E-state index contributed by atoms with van der Waals surface area (Å²) in [5.74, 6) is 1.11. The van der Waals surface area contributed by atoms with Gasteiger partial charge in [-0.15, -0.1) is 10.2 Å². The SMILES string of the molecule is O=C(Nc1ccc(F)cc1)N1CCN(c2ccc(-c3ccco3)nn2)CC1. The van der Waals surface area contributed by atoms with Crippen LogP contribution in [0.5, 0.6) is 0 Å².